The van der Waals surface area contributed by atoms with E-state index < -0.39 is 16.0 Å². The van der Waals surface area contributed by atoms with Gasteiger partial charge in [0.15, 0.2) is 0 Å². The molecule has 0 unspecified atom stereocenters. The van der Waals surface area contributed by atoms with E-state index >= 15 is 0 Å². The van der Waals surface area contributed by atoms with Crippen molar-refractivity contribution in [1.82, 2.24) is 0 Å². The highest BCUT2D eigenvalue weighted by Crippen LogP contribution is 2.29. The minimum atomic E-state index is -3.97. The van der Waals surface area contributed by atoms with Gasteiger partial charge in [-0.05, 0) is 60.9 Å². The van der Waals surface area contributed by atoms with E-state index in [0.717, 1.165) is 26.2 Å². The Morgan fingerprint density at radius 3 is 2.39 bits per heavy atom. The highest BCUT2D eigenvalue weighted by atomic mass is 32.2. The van der Waals surface area contributed by atoms with Crippen LogP contribution in [0.4, 0.5) is 5.69 Å². The summed E-state index contributed by atoms with van der Waals surface area (Å²) in [6, 6.07) is 18.0. The number of carbonyl (C=O) groups is 1. The molecule has 0 aliphatic carbocycles. The monoisotopic (exact) mass is 397 g/mol. The molecule has 0 aliphatic heterocycles. The fourth-order valence-electron chi connectivity index (χ4n) is 3.07. The van der Waals surface area contributed by atoms with Crippen LogP contribution in [-0.2, 0) is 19.6 Å². The van der Waals surface area contributed by atoms with Gasteiger partial charge in [-0.1, -0.05) is 42.5 Å². The van der Waals surface area contributed by atoms with E-state index in [1.807, 2.05) is 50.2 Å². The highest BCUT2D eigenvalue weighted by molar-refractivity contribution is 7.92. The Hall–Kier alpha value is -2.86. The van der Waals surface area contributed by atoms with Crippen molar-refractivity contribution >= 4 is 32.5 Å². The summed E-state index contributed by atoms with van der Waals surface area (Å²) < 4.78 is 33.2. The minimum absolute atomic E-state index is 0.136. The number of nitrogens with zero attached hydrogens (tertiary/aromatic N) is 1. The highest BCUT2D eigenvalue weighted by Gasteiger charge is 2.29. The summed E-state index contributed by atoms with van der Waals surface area (Å²) in [5.74, 6) is -0.590. The predicted octanol–water partition coefficient (Wildman–Crippen LogP) is 4.22. The molecule has 6 heteroatoms. The number of esters is 1. The maximum Gasteiger partial charge on any atom is 0.326 e. The summed E-state index contributed by atoms with van der Waals surface area (Å²) in [6.07, 6.45) is 0. The van der Waals surface area contributed by atoms with Gasteiger partial charge < -0.3 is 4.74 Å². The Kier molecular flexibility index (Phi) is 5.70. The van der Waals surface area contributed by atoms with Gasteiger partial charge in [0.2, 0.25) is 0 Å². The molecule has 0 spiro atoms. The lowest BCUT2D eigenvalue weighted by molar-refractivity contribution is -0.141. The molecule has 0 amide bonds. The van der Waals surface area contributed by atoms with Gasteiger partial charge in [-0.3, -0.25) is 9.10 Å². The molecule has 0 aromatic heterocycles. The van der Waals surface area contributed by atoms with Crippen molar-refractivity contribution in [2.75, 3.05) is 17.5 Å². The van der Waals surface area contributed by atoms with Gasteiger partial charge in [-0.15, -0.1) is 0 Å². The maximum atomic E-state index is 13.5. The first-order valence-corrected chi connectivity index (χ1v) is 10.5. The number of hydrogen-bond acceptors (Lipinski definition) is 4. The van der Waals surface area contributed by atoms with E-state index in [9.17, 15) is 13.2 Å². The number of hydrogen-bond donors (Lipinski definition) is 0. The number of ether oxygens (including phenoxy) is 1. The summed E-state index contributed by atoms with van der Waals surface area (Å²) in [6.45, 7) is 5.21. The Balaban J connectivity index is 2.13. The second kappa shape index (κ2) is 8.02. The summed E-state index contributed by atoms with van der Waals surface area (Å²) in [7, 11) is -3.97. The zero-order valence-corrected chi connectivity index (χ0v) is 17.0. The SMILES string of the molecule is CCOC(=O)CN(c1cc(C)ccc1C)S(=O)(=O)c1ccc2ccccc2c1. The first kappa shape index (κ1) is 19.9. The number of rotatable bonds is 6. The molecule has 0 heterocycles. The smallest absolute Gasteiger partial charge is 0.326 e. The van der Waals surface area contributed by atoms with Crippen LogP contribution < -0.4 is 4.31 Å². The average Bonchev–Trinajstić information content (AvgIpc) is 2.68. The molecule has 0 fully saturated rings. The summed E-state index contributed by atoms with van der Waals surface area (Å²) in [5.41, 5.74) is 2.14. The van der Waals surface area contributed by atoms with E-state index in [1.54, 1.807) is 31.2 Å². The molecule has 3 rings (SSSR count). The van der Waals surface area contributed by atoms with Gasteiger partial charge in [0.05, 0.1) is 17.2 Å². The molecule has 0 saturated carbocycles. The third-order valence-corrected chi connectivity index (χ3v) is 6.28. The van der Waals surface area contributed by atoms with E-state index in [4.69, 9.17) is 4.74 Å². The quantitative estimate of drug-likeness (QED) is 0.585. The summed E-state index contributed by atoms with van der Waals surface area (Å²) in [4.78, 5) is 12.3. The molecule has 0 radical (unpaired) electrons. The van der Waals surface area contributed by atoms with Crippen LogP contribution in [0.5, 0.6) is 0 Å². The number of benzene rings is 3. The third kappa shape index (κ3) is 4.02. The van der Waals surface area contributed by atoms with Gasteiger partial charge in [0, 0.05) is 0 Å². The molecule has 0 atom stereocenters. The Morgan fingerprint density at radius 1 is 0.964 bits per heavy atom. The van der Waals surface area contributed by atoms with Crippen molar-refractivity contribution in [2.24, 2.45) is 0 Å². The van der Waals surface area contributed by atoms with E-state index in [2.05, 4.69) is 0 Å². The standard InChI is InChI=1S/C22H23NO4S/c1-4-27-22(24)15-23(21-13-16(2)9-10-17(21)3)28(25,26)20-12-11-18-7-5-6-8-19(18)14-20/h5-14H,4,15H2,1-3H3. The molecule has 3 aromatic rings. The van der Waals surface area contributed by atoms with Crippen LogP contribution in [0.25, 0.3) is 10.8 Å². The Morgan fingerprint density at radius 2 is 1.68 bits per heavy atom. The lowest BCUT2D eigenvalue weighted by Crippen LogP contribution is -2.37. The van der Waals surface area contributed by atoms with Crippen molar-refractivity contribution in [3.63, 3.8) is 0 Å². The second-order valence-corrected chi connectivity index (χ2v) is 8.48. The van der Waals surface area contributed by atoms with Crippen molar-refractivity contribution in [3.8, 4) is 0 Å². The maximum absolute atomic E-state index is 13.5. The zero-order valence-electron chi connectivity index (χ0n) is 16.2. The molecule has 0 N–H and O–H groups in total. The number of carbonyl (C=O) groups excluding carboxylic acids is 1. The number of fused-ring (bicyclic) bond motifs is 1. The van der Waals surface area contributed by atoms with E-state index in [-0.39, 0.29) is 18.0 Å². The molecular weight excluding hydrogens is 374 g/mol. The van der Waals surface area contributed by atoms with E-state index in [0.29, 0.717) is 5.69 Å². The van der Waals surface area contributed by atoms with Crippen LogP contribution in [0.2, 0.25) is 0 Å². The second-order valence-electron chi connectivity index (χ2n) is 6.62. The fraction of sp³-hybridized carbons (Fsp3) is 0.227. The van der Waals surface area contributed by atoms with Crippen LogP contribution in [0.3, 0.4) is 0 Å². The molecule has 28 heavy (non-hydrogen) atoms. The van der Waals surface area contributed by atoms with Gasteiger partial charge in [-0.25, -0.2) is 8.42 Å². The van der Waals surface area contributed by atoms with Crippen LogP contribution in [0.15, 0.2) is 65.6 Å². The van der Waals surface area contributed by atoms with E-state index in [1.165, 1.54) is 0 Å². The van der Waals surface area contributed by atoms with Crippen molar-refractivity contribution < 1.29 is 17.9 Å². The Labute approximate surface area is 165 Å². The van der Waals surface area contributed by atoms with Gasteiger partial charge in [0.1, 0.15) is 6.54 Å². The summed E-state index contributed by atoms with van der Waals surface area (Å²) in [5, 5.41) is 1.77. The third-order valence-electron chi connectivity index (χ3n) is 4.52. The topological polar surface area (TPSA) is 63.7 Å². The fourth-order valence-corrected chi connectivity index (χ4v) is 4.57. The Bertz CT molecular complexity index is 1120. The largest absolute Gasteiger partial charge is 0.465 e. The molecule has 0 bridgehead atoms. The van der Waals surface area contributed by atoms with Crippen molar-refractivity contribution in [2.45, 2.75) is 25.7 Å². The van der Waals surface area contributed by atoms with Gasteiger partial charge >= 0.3 is 5.97 Å². The number of anilines is 1. The first-order chi connectivity index (χ1) is 13.3. The van der Waals surface area contributed by atoms with Crippen LogP contribution in [0.1, 0.15) is 18.1 Å². The predicted molar refractivity (Wildman–Crippen MR) is 111 cm³/mol. The molecule has 0 saturated heterocycles. The number of sulfonamides is 1. The molecular formula is C22H23NO4S. The zero-order chi connectivity index (χ0) is 20.3. The minimum Gasteiger partial charge on any atom is -0.465 e. The molecule has 5 nitrogen and oxygen atoms in total. The van der Waals surface area contributed by atoms with Crippen molar-refractivity contribution in [3.05, 3.63) is 71.8 Å². The van der Waals surface area contributed by atoms with Crippen molar-refractivity contribution in [1.29, 1.82) is 0 Å². The molecule has 3 aromatic carbocycles. The molecule has 146 valence electrons. The van der Waals surface area contributed by atoms with Gasteiger partial charge in [-0.2, -0.15) is 0 Å². The van der Waals surface area contributed by atoms with Gasteiger partial charge in [0.25, 0.3) is 10.0 Å². The van der Waals surface area contributed by atoms with Crippen LogP contribution in [-0.4, -0.2) is 27.5 Å². The summed E-state index contributed by atoms with van der Waals surface area (Å²) >= 11 is 0. The van der Waals surface area contributed by atoms with Crippen LogP contribution >= 0.6 is 0 Å². The molecule has 0 aliphatic rings. The normalized spacial score (nSPS) is 11.4. The average molecular weight is 397 g/mol. The number of aryl methyl sites for hydroxylation is 2. The lowest BCUT2D eigenvalue weighted by Gasteiger charge is -2.25. The first-order valence-electron chi connectivity index (χ1n) is 9.07. The van der Waals surface area contributed by atoms with Crippen LogP contribution in [0, 0.1) is 13.8 Å². The lowest BCUT2D eigenvalue weighted by atomic mass is 10.1.